The van der Waals surface area contributed by atoms with E-state index >= 15 is 0 Å². The number of aliphatic hydroxyl groups excluding tert-OH is 1. The van der Waals surface area contributed by atoms with Crippen molar-refractivity contribution in [2.24, 2.45) is 0 Å². The molecule has 0 aliphatic carbocycles. The first-order valence-electron chi connectivity index (χ1n) is 7.55. The van der Waals surface area contributed by atoms with Crippen molar-refractivity contribution in [2.45, 2.75) is 25.9 Å². The molecular weight excluding hydrogens is 294 g/mol. The highest BCUT2D eigenvalue weighted by atomic mass is 16.5. The van der Waals surface area contributed by atoms with Crippen LogP contribution in [0, 0.1) is 0 Å². The summed E-state index contributed by atoms with van der Waals surface area (Å²) in [5.41, 5.74) is 2.99. The number of ether oxygens (including phenoxy) is 1. The number of amides is 1. The maximum atomic E-state index is 11.9. The van der Waals surface area contributed by atoms with Crippen LogP contribution in [0.5, 0.6) is 5.75 Å². The van der Waals surface area contributed by atoms with Crippen LogP contribution in [0.4, 0.5) is 0 Å². The first-order chi connectivity index (χ1) is 11.2. The van der Waals surface area contributed by atoms with Crippen LogP contribution in [0.15, 0.2) is 30.5 Å². The Kier molecular flexibility index (Phi) is 4.52. The van der Waals surface area contributed by atoms with Gasteiger partial charge in [-0.05, 0) is 17.7 Å². The highest BCUT2D eigenvalue weighted by Crippen LogP contribution is 2.21. The lowest BCUT2D eigenvalue weighted by molar-refractivity contribution is -0.132. The molecule has 0 unspecified atom stereocenters. The van der Waals surface area contributed by atoms with Crippen molar-refractivity contribution in [3.8, 4) is 5.75 Å². The zero-order chi connectivity index (χ0) is 16.2. The largest absolute Gasteiger partial charge is 0.497 e. The summed E-state index contributed by atoms with van der Waals surface area (Å²) >= 11 is 0. The van der Waals surface area contributed by atoms with E-state index in [4.69, 9.17) is 9.84 Å². The summed E-state index contributed by atoms with van der Waals surface area (Å²) in [5, 5.41) is 8.88. The number of fused-ring (bicyclic) bond motifs is 1. The number of rotatable bonds is 5. The molecule has 0 atom stereocenters. The van der Waals surface area contributed by atoms with Crippen LogP contribution in [0.25, 0.3) is 0 Å². The topological polar surface area (TPSA) is 75.6 Å². The minimum absolute atomic E-state index is 0.0535. The van der Waals surface area contributed by atoms with Crippen molar-refractivity contribution in [3.05, 3.63) is 53.1 Å². The zero-order valence-electron chi connectivity index (χ0n) is 13.0. The number of aromatic nitrogens is 2. The van der Waals surface area contributed by atoms with Crippen molar-refractivity contribution in [2.75, 3.05) is 13.7 Å². The monoisotopic (exact) mass is 313 g/mol. The molecule has 3 rings (SSSR count). The van der Waals surface area contributed by atoms with Crippen LogP contribution in [0.3, 0.4) is 0 Å². The quantitative estimate of drug-likeness (QED) is 0.900. The van der Waals surface area contributed by atoms with Crippen LogP contribution in [-0.4, -0.2) is 39.6 Å². The standard InChI is InChI=1S/C17H19N3O3/c1-23-14-4-2-12(3-5-14)8-16-18-9-13-10-20(11-15(13)19-16)17(22)6-7-21/h2-5,9,21H,6-8,10-11H2,1H3. The second-order valence-corrected chi connectivity index (χ2v) is 5.51. The third-order valence-electron chi connectivity index (χ3n) is 3.91. The predicted molar refractivity (Wildman–Crippen MR) is 83.8 cm³/mol. The lowest BCUT2D eigenvalue weighted by atomic mass is 10.1. The van der Waals surface area contributed by atoms with Gasteiger partial charge in [0.1, 0.15) is 11.6 Å². The van der Waals surface area contributed by atoms with E-state index in [0.29, 0.717) is 19.5 Å². The van der Waals surface area contributed by atoms with Gasteiger partial charge in [-0.3, -0.25) is 4.79 Å². The number of carbonyl (C=O) groups excluding carboxylic acids is 1. The average Bonchev–Trinajstić information content (AvgIpc) is 2.99. The van der Waals surface area contributed by atoms with Gasteiger partial charge in [0.05, 0.1) is 26.0 Å². The Hall–Kier alpha value is -2.47. The van der Waals surface area contributed by atoms with Crippen molar-refractivity contribution in [1.29, 1.82) is 0 Å². The third kappa shape index (κ3) is 3.48. The number of nitrogens with zero attached hydrogens (tertiary/aromatic N) is 3. The van der Waals surface area contributed by atoms with Crippen LogP contribution in [-0.2, 0) is 24.3 Å². The molecule has 0 fully saturated rings. The molecule has 1 aliphatic heterocycles. The van der Waals surface area contributed by atoms with Gasteiger partial charge in [-0.15, -0.1) is 0 Å². The molecule has 6 heteroatoms. The number of benzene rings is 1. The molecule has 120 valence electrons. The van der Waals surface area contributed by atoms with Gasteiger partial charge in [-0.1, -0.05) is 12.1 Å². The Balaban J connectivity index is 1.70. The molecule has 0 saturated heterocycles. The SMILES string of the molecule is COc1ccc(Cc2ncc3c(n2)CN(C(=O)CCO)C3)cc1. The van der Waals surface area contributed by atoms with E-state index in [1.54, 1.807) is 18.2 Å². The van der Waals surface area contributed by atoms with E-state index < -0.39 is 0 Å². The summed E-state index contributed by atoms with van der Waals surface area (Å²) in [5.74, 6) is 1.51. The normalized spacial score (nSPS) is 13.0. The fourth-order valence-electron chi connectivity index (χ4n) is 2.64. The molecule has 1 aliphatic rings. The van der Waals surface area contributed by atoms with E-state index in [9.17, 15) is 4.79 Å². The summed E-state index contributed by atoms with van der Waals surface area (Å²) in [6, 6.07) is 7.81. The van der Waals surface area contributed by atoms with Crippen LogP contribution >= 0.6 is 0 Å². The molecule has 0 saturated carbocycles. The lowest BCUT2D eigenvalue weighted by Crippen LogP contribution is -2.25. The maximum absolute atomic E-state index is 11.9. The van der Waals surface area contributed by atoms with Crippen molar-refractivity contribution in [1.82, 2.24) is 14.9 Å². The first kappa shape index (κ1) is 15.4. The minimum atomic E-state index is -0.125. The van der Waals surface area contributed by atoms with Gasteiger partial charge in [0, 0.05) is 31.1 Å². The van der Waals surface area contributed by atoms with Gasteiger partial charge in [0.15, 0.2) is 0 Å². The Labute approximate surface area is 134 Å². The Bertz CT molecular complexity index is 701. The van der Waals surface area contributed by atoms with Crippen LogP contribution in [0.1, 0.15) is 29.1 Å². The van der Waals surface area contributed by atoms with Gasteiger partial charge in [-0.25, -0.2) is 9.97 Å². The molecule has 1 aromatic carbocycles. The molecule has 1 amide bonds. The van der Waals surface area contributed by atoms with E-state index in [1.165, 1.54) is 0 Å². The van der Waals surface area contributed by atoms with Crippen molar-refractivity contribution in [3.63, 3.8) is 0 Å². The second kappa shape index (κ2) is 6.75. The van der Waals surface area contributed by atoms with Gasteiger partial charge >= 0.3 is 0 Å². The summed E-state index contributed by atoms with van der Waals surface area (Å²) in [7, 11) is 1.64. The molecule has 2 heterocycles. The molecule has 0 radical (unpaired) electrons. The highest BCUT2D eigenvalue weighted by Gasteiger charge is 2.24. The average molecular weight is 313 g/mol. The highest BCUT2D eigenvalue weighted by molar-refractivity contribution is 5.76. The lowest BCUT2D eigenvalue weighted by Gasteiger charge is -2.13. The Morgan fingerprint density at radius 1 is 1.30 bits per heavy atom. The predicted octanol–water partition coefficient (Wildman–Crippen LogP) is 1.30. The Morgan fingerprint density at radius 2 is 2.09 bits per heavy atom. The number of methoxy groups -OCH3 is 1. The summed E-state index contributed by atoms with van der Waals surface area (Å²) in [6.45, 7) is 0.892. The zero-order valence-corrected chi connectivity index (χ0v) is 13.0. The molecule has 2 aromatic rings. The fourth-order valence-corrected chi connectivity index (χ4v) is 2.64. The molecule has 6 nitrogen and oxygen atoms in total. The number of hydrogen-bond donors (Lipinski definition) is 1. The van der Waals surface area contributed by atoms with E-state index in [0.717, 1.165) is 28.4 Å². The summed E-state index contributed by atoms with van der Waals surface area (Å²) in [6.07, 6.45) is 2.59. The summed E-state index contributed by atoms with van der Waals surface area (Å²) in [4.78, 5) is 22.5. The van der Waals surface area contributed by atoms with E-state index in [-0.39, 0.29) is 18.9 Å². The van der Waals surface area contributed by atoms with Gasteiger partial charge in [0.25, 0.3) is 0 Å². The molecule has 1 N–H and O–H groups in total. The van der Waals surface area contributed by atoms with Gasteiger partial charge < -0.3 is 14.7 Å². The van der Waals surface area contributed by atoms with Crippen molar-refractivity contribution < 1.29 is 14.6 Å². The van der Waals surface area contributed by atoms with Crippen molar-refractivity contribution >= 4 is 5.91 Å². The molecule has 0 spiro atoms. The Morgan fingerprint density at radius 3 is 2.78 bits per heavy atom. The first-order valence-corrected chi connectivity index (χ1v) is 7.55. The van der Waals surface area contributed by atoms with E-state index in [1.807, 2.05) is 24.3 Å². The van der Waals surface area contributed by atoms with E-state index in [2.05, 4.69) is 9.97 Å². The molecular formula is C17H19N3O3. The number of aliphatic hydroxyl groups is 1. The van der Waals surface area contributed by atoms with Crippen LogP contribution in [0.2, 0.25) is 0 Å². The number of carbonyl (C=O) groups is 1. The molecule has 23 heavy (non-hydrogen) atoms. The van der Waals surface area contributed by atoms with Gasteiger partial charge in [0.2, 0.25) is 5.91 Å². The second-order valence-electron chi connectivity index (χ2n) is 5.51. The van der Waals surface area contributed by atoms with Crippen LogP contribution < -0.4 is 4.74 Å². The molecule has 1 aromatic heterocycles. The minimum Gasteiger partial charge on any atom is -0.497 e. The summed E-state index contributed by atoms with van der Waals surface area (Å²) < 4.78 is 5.15. The number of hydrogen-bond acceptors (Lipinski definition) is 5. The smallest absolute Gasteiger partial charge is 0.225 e. The molecule has 0 bridgehead atoms. The third-order valence-corrected chi connectivity index (χ3v) is 3.91. The fraction of sp³-hybridized carbons (Fsp3) is 0.353. The van der Waals surface area contributed by atoms with Gasteiger partial charge in [-0.2, -0.15) is 0 Å². The maximum Gasteiger partial charge on any atom is 0.225 e.